The van der Waals surface area contributed by atoms with Crippen LogP contribution in [-0.2, 0) is 4.79 Å². The lowest BCUT2D eigenvalue weighted by Gasteiger charge is -2.20. The van der Waals surface area contributed by atoms with Crippen molar-refractivity contribution in [3.8, 4) is 11.5 Å². The third kappa shape index (κ3) is 4.69. The molecule has 2 aliphatic heterocycles. The fourth-order valence-electron chi connectivity index (χ4n) is 4.50. The lowest BCUT2D eigenvalue weighted by Crippen LogP contribution is -2.40. The number of carbonyl (C=O) groups excluding carboxylic acids is 2. The Morgan fingerprint density at radius 3 is 2.26 bits per heavy atom. The van der Waals surface area contributed by atoms with Crippen molar-refractivity contribution in [3.63, 3.8) is 0 Å². The van der Waals surface area contributed by atoms with E-state index < -0.39 is 0 Å². The van der Waals surface area contributed by atoms with Gasteiger partial charge in [0.05, 0.1) is 0 Å². The van der Waals surface area contributed by atoms with Gasteiger partial charge in [0, 0.05) is 37.3 Å². The molecule has 1 N–H and O–H groups in total. The summed E-state index contributed by atoms with van der Waals surface area (Å²) >= 11 is 0. The molecule has 2 aliphatic rings. The first kappa shape index (κ1) is 21.8. The van der Waals surface area contributed by atoms with Gasteiger partial charge in [0.1, 0.15) is 6.54 Å². The van der Waals surface area contributed by atoms with Gasteiger partial charge in [-0.2, -0.15) is 0 Å². The molecule has 1 saturated heterocycles. The molecule has 3 aromatic carbocycles. The van der Waals surface area contributed by atoms with Crippen LogP contribution in [0, 0.1) is 0 Å². The first-order chi connectivity index (χ1) is 16.7. The van der Waals surface area contributed by atoms with Gasteiger partial charge in [0.2, 0.25) is 12.7 Å². The van der Waals surface area contributed by atoms with Crippen LogP contribution in [0.3, 0.4) is 0 Å². The van der Waals surface area contributed by atoms with E-state index in [0.717, 1.165) is 12.1 Å². The Hall–Kier alpha value is -4.00. The van der Waals surface area contributed by atoms with E-state index >= 15 is 0 Å². The minimum absolute atomic E-state index is 0.0429. The van der Waals surface area contributed by atoms with E-state index in [4.69, 9.17) is 9.47 Å². The number of hydrogen-bond donors (Lipinski definition) is 1. The highest BCUT2D eigenvalue weighted by molar-refractivity contribution is 5.96. The molecule has 174 valence electrons. The second kappa shape index (κ2) is 9.87. The molecular weight excluding hydrogens is 430 g/mol. The Morgan fingerprint density at radius 2 is 1.56 bits per heavy atom. The predicted octanol–water partition coefficient (Wildman–Crippen LogP) is 4.00. The van der Waals surface area contributed by atoms with Crippen LogP contribution in [0.25, 0.3) is 0 Å². The zero-order valence-electron chi connectivity index (χ0n) is 18.9. The summed E-state index contributed by atoms with van der Waals surface area (Å²) < 4.78 is 10.8. The zero-order valence-corrected chi connectivity index (χ0v) is 18.9. The second-order valence-electron chi connectivity index (χ2n) is 8.41. The molecule has 0 atom stereocenters. The predicted molar refractivity (Wildman–Crippen MR) is 129 cm³/mol. The Balaban J connectivity index is 1.16. The van der Waals surface area contributed by atoms with Gasteiger partial charge >= 0.3 is 6.03 Å². The van der Waals surface area contributed by atoms with Crippen molar-refractivity contribution >= 4 is 17.6 Å². The van der Waals surface area contributed by atoms with Gasteiger partial charge < -0.3 is 19.7 Å². The van der Waals surface area contributed by atoms with Crippen LogP contribution in [0.15, 0.2) is 78.9 Å². The molecule has 0 aliphatic carbocycles. The van der Waals surface area contributed by atoms with Gasteiger partial charge in [-0.1, -0.05) is 60.7 Å². The number of ether oxygens (including phenoxy) is 2. The number of fused-ring (bicyclic) bond motifs is 1. The largest absolute Gasteiger partial charge is 0.454 e. The number of rotatable bonds is 8. The topological polar surface area (TPSA) is 71.1 Å². The number of carbonyl (C=O) groups is 2. The first-order valence-electron chi connectivity index (χ1n) is 11.5. The highest BCUT2D eigenvalue weighted by Gasteiger charge is 2.31. The molecule has 0 spiro atoms. The molecule has 3 aromatic rings. The van der Waals surface area contributed by atoms with Crippen LogP contribution < -0.4 is 19.7 Å². The maximum Gasteiger partial charge on any atom is 0.325 e. The van der Waals surface area contributed by atoms with Crippen LogP contribution in [0.4, 0.5) is 10.5 Å². The lowest BCUT2D eigenvalue weighted by molar-refractivity contribution is -0.121. The van der Waals surface area contributed by atoms with E-state index in [1.165, 1.54) is 11.1 Å². The van der Waals surface area contributed by atoms with Crippen LogP contribution >= 0.6 is 0 Å². The van der Waals surface area contributed by atoms with E-state index in [-0.39, 0.29) is 31.2 Å². The molecule has 34 heavy (non-hydrogen) atoms. The van der Waals surface area contributed by atoms with Crippen molar-refractivity contribution in [1.29, 1.82) is 0 Å². The number of anilines is 1. The lowest BCUT2D eigenvalue weighted by atomic mass is 9.88. The Morgan fingerprint density at radius 1 is 0.882 bits per heavy atom. The van der Waals surface area contributed by atoms with Crippen molar-refractivity contribution in [2.45, 2.75) is 12.3 Å². The smallest absolute Gasteiger partial charge is 0.325 e. The molecule has 7 nitrogen and oxygen atoms in total. The highest BCUT2D eigenvalue weighted by atomic mass is 16.7. The molecule has 3 amide bonds. The molecule has 0 unspecified atom stereocenters. The zero-order chi connectivity index (χ0) is 23.3. The maximum absolute atomic E-state index is 12.9. The summed E-state index contributed by atoms with van der Waals surface area (Å²) in [7, 11) is 0. The molecule has 7 heteroatoms. The summed E-state index contributed by atoms with van der Waals surface area (Å²) in [4.78, 5) is 28.8. The van der Waals surface area contributed by atoms with Crippen molar-refractivity contribution in [2.75, 3.05) is 37.9 Å². The summed E-state index contributed by atoms with van der Waals surface area (Å²) in [6.45, 7) is 1.78. The summed E-state index contributed by atoms with van der Waals surface area (Å²) in [6.07, 6.45) is 0.775. The van der Waals surface area contributed by atoms with E-state index in [0.29, 0.717) is 31.1 Å². The van der Waals surface area contributed by atoms with Crippen LogP contribution in [0.2, 0.25) is 0 Å². The Bertz CT molecular complexity index is 1110. The SMILES string of the molecule is O=C(CN1CCN(c2ccc3c(c2)OCO3)C1=O)NCCC(c1ccccc1)c1ccccc1. The minimum Gasteiger partial charge on any atom is -0.454 e. The van der Waals surface area contributed by atoms with Gasteiger partial charge in [0.15, 0.2) is 11.5 Å². The molecule has 0 aromatic heterocycles. The van der Waals surface area contributed by atoms with Gasteiger partial charge in [0.25, 0.3) is 0 Å². The standard InChI is InChI=1S/C27H27N3O4/c31-26(28-14-13-23(20-7-3-1-4-8-20)21-9-5-2-6-10-21)18-29-15-16-30(27(29)32)22-11-12-24-25(17-22)34-19-33-24/h1-12,17,23H,13-16,18-19H2,(H,28,31). The van der Waals surface area contributed by atoms with Crippen molar-refractivity contribution in [1.82, 2.24) is 10.2 Å². The molecular formula is C27H27N3O4. The third-order valence-corrected chi connectivity index (χ3v) is 6.26. The maximum atomic E-state index is 12.9. The highest BCUT2D eigenvalue weighted by Crippen LogP contribution is 2.36. The molecule has 2 heterocycles. The number of benzene rings is 3. The second-order valence-corrected chi connectivity index (χ2v) is 8.41. The summed E-state index contributed by atoms with van der Waals surface area (Å²) in [6, 6.07) is 25.9. The number of nitrogens with one attached hydrogen (secondary N) is 1. The monoisotopic (exact) mass is 457 g/mol. The Labute approximate surface area is 198 Å². The number of nitrogens with zero attached hydrogens (tertiary/aromatic N) is 2. The number of amides is 3. The van der Waals surface area contributed by atoms with Crippen molar-refractivity contribution in [3.05, 3.63) is 90.0 Å². The Kier molecular flexibility index (Phi) is 6.33. The van der Waals surface area contributed by atoms with Gasteiger partial charge in [-0.25, -0.2) is 4.79 Å². The number of hydrogen-bond acceptors (Lipinski definition) is 4. The molecule has 0 saturated carbocycles. The first-order valence-corrected chi connectivity index (χ1v) is 11.5. The fourth-order valence-corrected chi connectivity index (χ4v) is 4.50. The summed E-state index contributed by atoms with van der Waals surface area (Å²) in [5, 5.41) is 3.00. The minimum atomic E-state index is -0.180. The van der Waals surface area contributed by atoms with E-state index in [2.05, 4.69) is 29.6 Å². The molecule has 1 fully saturated rings. The van der Waals surface area contributed by atoms with Crippen molar-refractivity contribution < 1.29 is 19.1 Å². The van der Waals surface area contributed by atoms with E-state index in [9.17, 15) is 9.59 Å². The summed E-state index contributed by atoms with van der Waals surface area (Å²) in [5.41, 5.74) is 3.18. The average molecular weight is 458 g/mol. The van der Waals surface area contributed by atoms with Gasteiger partial charge in [-0.3, -0.25) is 9.69 Å². The quantitative estimate of drug-likeness (QED) is 0.555. The molecule has 0 bridgehead atoms. The van der Waals surface area contributed by atoms with Crippen molar-refractivity contribution in [2.24, 2.45) is 0 Å². The van der Waals surface area contributed by atoms with Crippen LogP contribution in [0.5, 0.6) is 11.5 Å². The average Bonchev–Trinajstić information content (AvgIpc) is 3.49. The van der Waals surface area contributed by atoms with Crippen LogP contribution in [-0.4, -0.2) is 49.8 Å². The normalized spacial score (nSPS) is 14.7. The van der Waals surface area contributed by atoms with Gasteiger partial charge in [-0.15, -0.1) is 0 Å². The third-order valence-electron chi connectivity index (χ3n) is 6.26. The molecule has 0 radical (unpaired) electrons. The molecule has 5 rings (SSSR count). The fraction of sp³-hybridized carbons (Fsp3) is 0.259. The number of urea groups is 1. The van der Waals surface area contributed by atoms with Gasteiger partial charge in [-0.05, 0) is 29.7 Å². The van der Waals surface area contributed by atoms with Crippen LogP contribution in [0.1, 0.15) is 23.5 Å². The van der Waals surface area contributed by atoms with E-state index in [1.807, 2.05) is 42.5 Å². The summed E-state index contributed by atoms with van der Waals surface area (Å²) in [5.74, 6) is 1.35. The van der Waals surface area contributed by atoms with E-state index in [1.54, 1.807) is 21.9 Å².